The van der Waals surface area contributed by atoms with Gasteiger partial charge in [-0.05, 0) is 38.8 Å². The van der Waals surface area contributed by atoms with Crippen LogP contribution in [0.3, 0.4) is 0 Å². The molecule has 1 heterocycles. The van der Waals surface area contributed by atoms with Crippen LogP contribution in [0.4, 0.5) is 0 Å². The Balaban J connectivity index is 2.03. The Morgan fingerprint density at radius 1 is 1.31 bits per heavy atom. The Kier molecular flexibility index (Phi) is 7.40. The van der Waals surface area contributed by atoms with Gasteiger partial charge in [-0.2, -0.15) is 5.26 Å². The molecular formula is C20H24BNO7. The molecule has 0 amide bonds. The van der Waals surface area contributed by atoms with Crippen LogP contribution in [0.15, 0.2) is 18.2 Å². The molecule has 0 unspecified atom stereocenters. The Morgan fingerprint density at radius 3 is 2.69 bits per heavy atom. The van der Waals surface area contributed by atoms with E-state index in [9.17, 15) is 19.4 Å². The zero-order valence-electron chi connectivity index (χ0n) is 16.8. The second-order valence-electron chi connectivity index (χ2n) is 7.90. The fraction of sp³-hybridized carbons (Fsp3) is 0.500. The third-order valence-corrected chi connectivity index (χ3v) is 4.44. The molecule has 0 saturated heterocycles. The molecule has 9 heteroatoms. The third-order valence-electron chi connectivity index (χ3n) is 4.44. The van der Waals surface area contributed by atoms with Crippen molar-refractivity contribution in [1.82, 2.24) is 0 Å². The van der Waals surface area contributed by atoms with Crippen LogP contribution in [0.5, 0.6) is 5.75 Å². The normalized spacial score (nSPS) is 15.6. The summed E-state index contributed by atoms with van der Waals surface area (Å²) in [7, 11) is -1.26. The van der Waals surface area contributed by atoms with Crippen molar-refractivity contribution in [2.75, 3.05) is 6.79 Å². The Morgan fingerprint density at radius 2 is 2.03 bits per heavy atom. The predicted molar refractivity (Wildman–Crippen MR) is 103 cm³/mol. The fourth-order valence-electron chi connectivity index (χ4n) is 2.84. The van der Waals surface area contributed by atoms with E-state index in [2.05, 4.69) is 0 Å². The summed E-state index contributed by atoms with van der Waals surface area (Å²) >= 11 is 0. The van der Waals surface area contributed by atoms with Crippen molar-refractivity contribution in [2.45, 2.75) is 52.3 Å². The predicted octanol–water partition coefficient (Wildman–Crippen LogP) is 2.44. The van der Waals surface area contributed by atoms with E-state index >= 15 is 0 Å². The Hall–Kier alpha value is -2.86. The summed E-state index contributed by atoms with van der Waals surface area (Å²) in [5.41, 5.74) is 0.0442. The number of ether oxygens (including phenoxy) is 2. The van der Waals surface area contributed by atoms with Crippen LogP contribution in [0, 0.1) is 16.7 Å². The lowest BCUT2D eigenvalue weighted by molar-refractivity contribution is -0.161. The molecular weight excluding hydrogens is 377 g/mol. The summed E-state index contributed by atoms with van der Waals surface area (Å²) < 4.78 is 15.4. The first-order valence-electron chi connectivity index (χ1n) is 9.33. The summed E-state index contributed by atoms with van der Waals surface area (Å²) in [6.07, 6.45) is 0.690. The SMILES string of the molecule is CC(C)(C)C(=O)OCOC(=O)c1cccc2c1OB(O)[C@@H](CC(=O)CCC#N)C2. The van der Waals surface area contributed by atoms with E-state index in [0.717, 1.165) is 0 Å². The average Bonchev–Trinajstić information content (AvgIpc) is 2.65. The lowest BCUT2D eigenvalue weighted by atomic mass is 9.64. The highest BCUT2D eigenvalue weighted by Crippen LogP contribution is 2.36. The highest BCUT2D eigenvalue weighted by Gasteiger charge is 2.37. The van der Waals surface area contributed by atoms with Crippen molar-refractivity contribution < 1.29 is 33.5 Å². The first-order valence-corrected chi connectivity index (χ1v) is 9.33. The van der Waals surface area contributed by atoms with Gasteiger partial charge >= 0.3 is 19.1 Å². The monoisotopic (exact) mass is 401 g/mol. The van der Waals surface area contributed by atoms with E-state index in [1.807, 2.05) is 6.07 Å². The molecule has 0 radical (unpaired) electrons. The quantitative estimate of drug-likeness (QED) is 0.420. The molecule has 1 N–H and O–H groups in total. The second kappa shape index (κ2) is 9.57. The zero-order valence-corrected chi connectivity index (χ0v) is 16.8. The van der Waals surface area contributed by atoms with Crippen molar-refractivity contribution in [3.05, 3.63) is 29.3 Å². The number of esters is 2. The molecule has 0 spiro atoms. The third kappa shape index (κ3) is 6.06. The van der Waals surface area contributed by atoms with Crippen LogP contribution >= 0.6 is 0 Å². The zero-order chi connectivity index (χ0) is 21.6. The number of Topliss-reactive ketones (excluding diaryl/α,β-unsaturated/α-hetero) is 1. The van der Waals surface area contributed by atoms with E-state index in [1.165, 1.54) is 6.07 Å². The largest absolute Gasteiger partial charge is 0.535 e. The topological polar surface area (TPSA) is 123 Å². The molecule has 1 aromatic rings. The van der Waals surface area contributed by atoms with Gasteiger partial charge in [0.15, 0.2) is 0 Å². The number of benzene rings is 1. The number of hydrogen-bond donors (Lipinski definition) is 1. The number of ketones is 1. The number of para-hydroxylation sites is 1. The first kappa shape index (κ1) is 22.4. The van der Waals surface area contributed by atoms with Gasteiger partial charge in [0.2, 0.25) is 6.79 Å². The van der Waals surface area contributed by atoms with Gasteiger partial charge in [-0.3, -0.25) is 9.59 Å². The van der Waals surface area contributed by atoms with Crippen molar-refractivity contribution >= 4 is 24.8 Å². The fourth-order valence-corrected chi connectivity index (χ4v) is 2.84. The number of hydrogen-bond acceptors (Lipinski definition) is 8. The smallest absolute Gasteiger partial charge is 0.526 e. The molecule has 0 fully saturated rings. The van der Waals surface area contributed by atoms with Gasteiger partial charge in [0.05, 0.1) is 11.5 Å². The molecule has 1 aliphatic rings. The molecule has 2 rings (SSSR count). The van der Waals surface area contributed by atoms with Gasteiger partial charge < -0.3 is 19.2 Å². The van der Waals surface area contributed by atoms with Crippen LogP contribution in [-0.4, -0.2) is 36.7 Å². The highest BCUT2D eigenvalue weighted by molar-refractivity contribution is 6.47. The number of rotatable bonds is 7. The molecule has 1 atom stereocenters. The summed E-state index contributed by atoms with van der Waals surface area (Å²) in [4.78, 5) is 36.0. The highest BCUT2D eigenvalue weighted by atomic mass is 16.7. The summed E-state index contributed by atoms with van der Waals surface area (Å²) in [5, 5.41) is 18.8. The van der Waals surface area contributed by atoms with Gasteiger partial charge in [0.1, 0.15) is 17.1 Å². The van der Waals surface area contributed by atoms with Crippen molar-refractivity contribution in [3.63, 3.8) is 0 Å². The molecule has 8 nitrogen and oxygen atoms in total. The van der Waals surface area contributed by atoms with Gasteiger partial charge in [-0.15, -0.1) is 0 Å². The maximum atomic E-state index is 12.4. The number of fused-ring (bicyclic) bond motifs is 1. The lowest BCUT2D eigenvalue weighted by Crippen LogP contribution is -2.36. The molecule has 0 aliphatic carbocycles. The molecule has 0 aromatic heterocycles. The minimum atomic E-state index is -1.26. The van der Waals surface area contributed by atoms with Gasteiger partial charge in [0.25, 0.3) is 0 Å². The van der Waals surface area contributed by atoms with Crippen molar-refractivity contribution in [1.29, 1.82) is 5.26 Å². The minimum absolute atomic E-state index is 0.0831. The summed E-state index contributed by atoms with van der Waals surface area (Å²) in [5.74, 6) is -1.66. The Bertz CT molecular complexity index is 825. The van der Waals surface area contributed by atoms with Crippen molar-refractivity contribution in [3.8, 4) is 11.8 Å². The molecule has 1 aromatic carbocycles. The number of nitrogens with zero attached hydrogens (tertiary/aromatic N) is 1. The lowest BCUT2D eigenvalue weighted by Gasteiger charge is -2.28. The maximum Gasteiger partial charge on any atom is 0.526 e. The van der Waals surface area contributed by atoms with E-state index in [0.29, 0.717) is 12.0 Å². The van der Waals surface area contributed by atoms with Crippen LogP contribution in [0.2, 0.25) is 5.82 Å². The average molecular weight is 401 g/mol. The van der Waals surface area contributed by atoms with E-state index in [1.54, 1.807) is 32.9 Å². The number of nitriles is 1. The van der Waals surface area contributed by atoms with Gasteiger partial charge in [0, 0.05) is 25.1 Å². The molecule has 0 bridgehead atoms. The van der Waals surface area contributed by atoms with E-state index in [-0.39, 0.29) is 36.4 Å². The molecule has 1 aliphatic heterocycles. The first-order chi connectivity index (χ1) is 13.6. The number of carbonyl (C=O) groups excluding carboxylic acids is 3. The second-order valence-corrected chi connectivity index (χ2v) is 7.90. The van der Waals surface area contributed by atoms with E-state index < -0.39 is 37.1 Å². The number of carbonyl (C=O) groups is 3. The minimum Gasteiger partial charge on any atom is -0.535 e. The molecule has 154 valence electrons. The molecule has 29 heavy (non-hydrogen) atoms. The Labute approximate surface area is 169 Å². The summed E-state index contributed by atoms with van der Waals surface area (Å²) in [6.45, 7) is 4.52. The standard InChI is InChI=1S/C20H24BNO7/c1-20(2,3)19(25)28-12-27-18(24)16-8-4-6-13-10-14(21(26)29-17(13)16)11-15(23)7-5-9-22/h4,6,8,14,26H,5,7,10-12H2,1-3H3/t14-/m1/s1. The maximum absolute atomic E-state index is 12.4. The van der Waals surface area contributed by atoms with E-state index in [4.69, 9.17) is 19.4 Å². The van der Waals surface area contributed by atoms with Crippen LogP contribution in [0.25, 0.3) is 0 Å². The van der Waals surface area contributed by atoms with Crippen LogP contribution in [-0.2, 0) is 25.5 Å². The van der Waals surface area contributed by atoms with Crippen LogP contribution in [0.1, 0.15) is 56.0 Å². The summed E-state index contributed by atoms with van der Waals surface area (Å²) in [6, 6.07) is 6.79. The van der Waals surface area contributed by atoms with Gasteiger partial charge in [-0.1, -0.05) is 12.1 Å². The van der Waals surface area contributed by atoms with Gasteiger partial charge in [-0.25, -0.2) is 4.79 Å². The molecule has 0 saturated carbocycles. The van der Waals surface area contributed by atoms with Crippen molar-refractivity contribution in [2.24, 2.45) is 5.41 Å². The van der Waals surface area contributed by atoms with Crippen LogP contribution < -0.4 is 4.65 Å².